The first-order valence-corrected chi connectivity index (χ1v) is 11.0. The summed E-state index contributed by atoms with van der Waals surface area (Å²) in [6.45, 7) is 2.88. The van der Waals surface area contributed by atoms with Gasteiger partial charge in [-0.1, -0.05) is 18.6 Å². The van der Waals surface area contributed by atoms with E-state index in [0.29, 0.717) is 44.0 Å². The van der Waals surface area contributed by atoms with Gasteiger partial charge in [-0.15, -0.1) is 0 Å². The van der Waals surface area contributed by atoms with E-state index >= 15 is 0 Å². The van der Waals surface area contributed by atoms with Crippen molar-refractivity contribution in [2.24, 2.45) is 5.92 Å². The van der Waals surface area contributed by atoms with E-state index in [1.54, 1.807) is 16.9 Å². The molecular weight excluding hydrogens is 392 g/mol. The highest BCUT2D eigenvalue weighted by molar-refractivity contribution is 5.95. The highest BCUT2D eigenvalue weighted by atomic mass is 16.5. The van der Waals surface area contributed by atoms with Gasteiger partial charge in [0.2, 0.25) is 11.8 Å². The fourth-order valence-electron chi connectivity index (χ4n) is 4.27. The van der Waals surface area contributed by atoms with Crippen molar-refractivity contribution in [2.45, 2.75) is 52.0 Å². The second kappa shape index (κ2) is 9.04. The number of carbonyl (C=O) groups is 2. The van der Waals surface area contributed by atoms with Crippen LogP contribution in [0.3, 0.4) is 0 Å². The van der Waals surface area contributed by atoms with E-state index in [0.717, 1.165) is 41.8 Å². The smallest absolute Gasteiger partial charge is 0.228 e. The van der Waals surface area contributed by atoms with Gasteiger partial charge in [0, 0.05) is 37.2 Å². The lowest BCUT2D eigenvalue weighted by molar-refractivity contribution is -0.137. The van der Waals surface area contributed by atoms with E-state index in [1.807, 2.05) is 38.2 Å². The molecular formula is C24H30N4O3. The third kappa shape index (κ3) is 4.55. The van der Waals surface area contributed by atoms with Crippen LogP contribution in [0.4, 0.5) is 5.82 Å². The number of carbonyl (C=O) groups excluding carboxylic acids is 2. The van der Waals surface area contributed by atoms with E-state index in [4.69, 9.17) is 9.72 Å². The predicted octanol–water partition coefficient (Wildman–Crippen LogP) is 3.07. The maximum atomic E-state index is 12.8. The number of aromatic nitrogens is 2. The summed E-state index contributed by atoms with van der Waals surface area (Å²) < 4.78 is 5.31. The Hall–Kier alpha value is -2.96. The number of hydrogen-bond acceptors (Lipinski definition) is 5. The van der Waals surface area contributed by atoms with Crippen LogP contribution in [0.1, 0.15) is 48.3 Å². The third-order valence-electron chi connectivity index (χ3n) is 6.35. The number of benzene rings is 1. The predicted molar refractivity (Wildman–Crippen MR) is 118 cm³/mol. The minimum atomic E-state index is 0.0818. The second-order valence-corrected chi connectivity index (χ2v) is 8.50. The van der Waals surface area contributed by atoms with Crippen molar-refractivity contribution in [1.29, 1.82) is 0 Å². The molecule has 1 aromatic heterocycles. The molecule has 1 aliphatic carbocycles. The van der Waals surface area contributed by atoms with Gasteiger partial charge >= 0.3 is 0 Å². The molecule has 4 rings (SSSR count). The van der Waals surface area contributed by atoms with Gasteiger partial charge in [0.1, 0.15) is 17.4 Å². The normalized spacial score (nSPS) is 16.0. The molecule has 0 saturated heterocycles. The van der Waals surface area contributed by atoms with Crippen molar-refractivity contribution < 1.29 is 14.3 Å². The van der Waals surface area contributed by atoms with Crippen LogP contribution >= 0.6 is 0 Å². The number of ether oxygens (including phenoxy) is 1. The van der Waals surface area contributed by atoms with E-state index in [-0.39, 0.29) is 17.7 Å². The van der Waals surface area contributed by atoms with Crippen LogP contribution in [0, 0.1) is 12.8 Å². The first-order valence-electron chi connectivity index (χ1n) is 11.0. The average molecular weight is 423 g/mol. The largest absolute Gasteiger partial charge is 0.497 e. The molecule has 1 fully saturated rings. The molecule has 0 unspecified atom stereocenters. The topological polar surface area (TPSA) is 75.6 Å². The molecule has 0 spiro atoms. The fraction of sp³-hybridized carbons (Fsp3) is 0.500. The molecule has 31 heavy (non-hydrogen) atoms. The summed E-state index contributed by atoms with van der Waals surface area (Å²) in [5.74, 6) is 2.49. The van der Waals surface area contributed by atoms with Crippen molar-refractivity contribution in [3.8, 4) is 5.75 Å². The Labute approximate surface area is 183 Å². The van der Waals surface area contributed by atoms with Gasteiger partial charge in [-0.05, 0) is 50.3 Å². The summed E-state index contributed by atoms with van der Waals surface area (Å²) in [7, 11) is 3.46. The maximum Gasteiger partial charge on any atom is 0.228 e. The Morgan fingerprint density at radius 2 is 2.06 bits per heavy atom. The van der Waals surface area contributed by atoms with E-state index in [1.165, 1.54) is 0 Å². The second-order valence-electron chi connectivity index (χ2n) is 8.50. The van der Waals surface area contributed by atoms with Crippen molar-refractivity contribution in [3.63, 3.8) is 0 Å². The molecule has 1 aliphatic heterocycles. The Morgan fingerprint density at radius 3 is 2.77 bits per heavy atom. The van der Waals surface area contributed by atoms with Crippen molar-refractivity contribution in [2.75, 3.05) is 25.6 Å². The lowest BCUT2D eigenvalue weighted by Crippen LogP contribution is -2.39. The van der Waals surface area contributed by atoms with Gasteiger partial charge in [0.05, 0.1) is 13.7 Å². The van der Waals surface area contributed by atoms with Crippen LogP contribution in [0.2, 0.25) is 0 Å². The van der Waals surface area contributed by atoms with Gasteiger partial charge < -0.3 is 9.64 Å². The number of fused-ring (bicyclic) bond motifs is 1. The van der Waals surface area contributed by atoms with Gasteiger partial charge in [-0.3, -0.25) is 14.5 Å². The minimum absolute atomic E-state index is 0.0818. The number of amides is 2. The summed E-state index contributed by atoms with van der Waals surface area (Å²) in [5, 5.41) is 0. The standard InChI is InChI=1S/C24H30N4O3/c1-16-20-10-11-22(29)28(13-12-17-6-4-9-19(14-17)31-3)23(20)26-21(25-16)15-27(2)24(30)18-7-5-8-18/h4,6,9,14,18H,5,7-8,10-13,15H2,1-3H3. The molecule has 1 saturated carbocycles. The molecule has 7 nitrogen and oxygen atoms in total. The van der Waals surface area contributed by atoms with Crippen LogP contribution in [0.25, 0.3) is 0 Å². The van der Waals surface area contributed by atoms with Gasteiger partial charge in [-0.25, -0.2) is 9.97 Å². The zero-order chi connectivity index (χ0) is 22.0. The number of aryl methyl sites for hydroxylation is 1. The molecule has 0 atom stereocenters. The molecule has 2 aliphatic rings. The Bertz CT molecular complexity index is 987. The number of anilines is 1. The molecule has 2 amide bonds. The summed E-state index contributed by atoms with van der Waals surface area (Å²) in [5.41, 5.74) is 3.03. The zero-order valence-corrected chi connectivity index (χ0v) is 18.6. The van der Waals surface area contributed by atoms with Gasteiger partial charge in [-0.2, -0.15) is 0 Å². The minimum Gasteiger partial charge on any atom is -0.497 e. The van der Waals surface area contributed by atoms with Crippen molar-refractivity contribution in [3.05, 3.63) is 46.9 Å². The molecule has 7 heteroatoms. The van der Waals surface area contributed by atoms with Crippen LogP contribution in [-0.2, 0) is 29.0 Å². The Balaban J connectivity index is 1.53. The van der Waals surface area contributed by atoms with E-state index < -0.39 is 0 Å². The van der Waals surface area contributed by atoms with Crippen molar-refractivity contribution in [1.82, 2.24) is 14.9 Å². The first-order chi connectivity index (χ1) is 15.0. The van der Waals surface area contributed by atoms with Gasteiger partial charge in [0.25, 0.3) is 0 Å². The number of hydrogen-bond donors (Lipinski definition) is 0. The Kier molecular flexibility index (Phi) is 6.20. The highest BCUT2D eigenvalue weighted by Crippen LogP contribution is 2.30. The molecule has 0 N–H and O–H groups in total. The number of rotatable bonds is 7. The summed E-state index contributed by atoms with van der Waals surface area (Å²) >= 11 is 0. The molecule has 164 valence electrons. The molecule has 0 radical (unpaired) electrons. The summed E-state index contributed by atoms with van der Waals surface area (Å²) in [6, 6.07) is 7.90. The van der Waals surface area contributed by atoms with E-state index in [9.17, 15) is 9.59 Å². The summed E-state index contributed by atoms with van der Waals surface area (Å²) in [6.07, 6.45) is 4.91. The van der Waals surface area contributed by atoms with Crippen LogP contribution in [-0.4, -0.2) is 47.4 Å². The summed E-state index contributed by atoms with van der Waals surface area (Å²) in [4.78, 5) is 38.2. The van der Waals surface area contributed by atoms with Crippen LogP contribution in [0.5, 0.6) is 5.75 Å². The quantitative estimate of drug-likeness (QED) is 0.685. The number of methoxy groups -OCH3 is 1. The van der Waals surface area contributed by atoms with Crippen molar-refractivity contribution >= 4 is 17.6 Å². The molecule has 2 heterocycles. The Morgan fingerprint density at radius 1 is 1.26 bits per heavy atom. The molecule has 1 aromatic carbocycles. The zero-order valence-electron chi connectivity index (χ0n) is 18.6. The first kappa shape index (κ1) is 21.3. The monoisotopic (exact) mass is 422 g/mol. The third-order valence-corrected chi connectivity index (χ3v) is 6.35. The van der Waals surface area contributed by atoms with Gasteiger partial charge in [0.15, 0.2) is 0 Å². The maximum absolute atomic E-state index is 12.8. The lowest BCUT2D eigenvalue weighted by atomic mass is 9.84. The lowest BCUT2D eigenvalue weighted by Gasteiger charge is -2.31. The van der Waals surface area contributed by atoms with Crippen LogP contribution < -0.4 is 9.64 Å². The van der Waals surface area contributed by atoms with Crippen LogP contribution in [0.15, 0.2) is 24.3 Å². The fourth-order valence-corrected chi connectivity index (χ4v) is 4.27. The molecule has 0 bridgehead atoms. The highest BCUT2D eigenvalue weighted by Gasteiger charge is 2.30. The average Bonchev–Trinajstić information content (AvgIpc) is 2.71. The SMILES string of the molecule is COc1cccc(CCN2C(=O)CCc3c(C)nc(CN(C)C(=O)C4CCC4)nc32)c1. The van der Waals surface area contributed by atoms with E-state index in [2.05, 4.69) is 4.98 Å². The molecule has 2 aromatic rings. The number of nitrogens with zero attached hydrogens (tertiary/aromatic N) is 4.